The van der Waals surface area contributed by atoms with Crippen molar-refractivity contribution >= 4 is 33.2 Å². The first kappa shape index (κ1) is 15.7. The van der Waals surface area contributed by atoms with Crippen molar-refractivity contribution in [2.45, 2.75) is 18.6 Å². The van der Waals surface area contributed by atoms with Crippen LogP contribution in [0.3, 0.4) is 0 Å². The summed E-state index contributed by atoms with van der Waals surface area (Å²) in [5, 5.41) is 11.7. The molecular weight excluding hydrogens is 292 g/mol. The minimum absolute atomic E-state index is 0.0142. The van der Waals surface area contributed by atoms with Crippen LogP contribution in [-0.4, -0.2) is 42.0 Å². The minimum atomic E-state index is -3.25. The van der Waals surface area contributed by atoms with Gasteiger partial charge in [-0.05, 0) is 26.0 Å². The molecule has 0 saturated carbocycles. The van der Waals surface area contributed by atoms with Crippen molar-refractivity contribution in [1.29, 1.82) is 0 Å². The van der Waals surface area contributed by atoms with E-state index in [-0.39, 0.29) is 23.1 Å². The van der Waals surface area contributed by atoms with Crippen molar-refractivity contribution in [3.63, 3.8) is 0 Å². The summed E-state index contributed by atoms with van der Waals surface area (Å²) in [4.78, 5) is 14.8. The highest BCUT2D eigenvalue weighted by Crippen LogP contribution is 2.18. The maximum Gasteiger partial charge on any atom is 0.335 e. The number of rotatable bonds is 5. The number of nitrogens with one attached hydrogen (secondary N) is 1. The van der Waals surface area contributed by atoms with Crippen LogP contribution in [0.1, 0.15) is 24.2 Å². The molecule has 0 atom stereocenters. The third kappa shape index (κ3) is 4.07. The monoisotopic (exact) mass is 306 g/mol. The second-order valence-electron chi connectivity index (χ2n) is 4.75. The minimum Gasteiger partial charge on any atom is -0.478 e. The van der Waals surface area contributed by atoms with Crippen LogP contribution < -0.4 is 5.32 Å². The number of anilines is 1. The van der Waals surface area contributed by atoms with Crippen molar-refractivity contribution in [1.82, 2.24) is 4.98 Å². The summed E-state index contributed by atoms with van der Waals surface area (Å²) in [6.45, 7) is 3.23. The van der Waals surface area contributed by atoms with Crippen LogP contribution in [0.25, 0.3) is 0 Å². The van der Waals surface area contributed by atoms with Crippen molar-refractivity contribution in [3.8, 4) is 0 Å². The highest BCUT2D eigenvalue weighted by Gasteiger charge is 2.30. The molecule has 0 amide bonds. The standard InChI is InChI=1S/C11H15ClN2O4S/c1-11(2,19(3,17)18)6-13-9-5-7(10(15)16)4-8(12)14-9/h4-5H,6H2,1-3H3,(H,13,14)(H,15,16). The summed E-state index contributed by atoms with van der Waals surface area (Å²) < 4.78 is 22.1. The molecule has 8 heteroatoms. The maximum absolute atomic E-state index is 11.5. The van der Waals surface area contributed by atoms with E-state index in [4.69, 9.17) is 16.7 Å². The fourth-order valence-electron chi connectivity index (χ4n) is 1.15. The molecule has 6 nitrogen and oxygen atoms in total. The van der Waals surface area contributed by atoms with E-state index in [0.29, 0.717) is 0 Å². The number of aromatic carboxylic acids is 1. The number of carboxylic acid groups (broad SMARTS) is 1. The number of aromatic nitrogens is 1. The summed E-state index contributed by atoms with van der Waals surface area (Å²) >= 11 is 5.70. The fourth-order valence-corrected chi connectivity index (χ4v) is 1.69. The molecule has 0 radical (unpaired) electrons. The molecule has 0 fully saturated rings. The van der Waals surface area contributed by atoms with Crippen molar-refractivity contribution in [2.24, 2.45) is 0 Å². The van der Waals surface area contributed by atoms with Gasteiger partial charge in [-0.2, -0.15) is 0 Å². The molecule has 1 rings (SSSR count). The number of hydrogen-bond donors (Lipinski definition) is 2. The molecule has 0 aromatic carbocycles. The topological polar surface area (TPSA) is 96.4 Å². The second-order valence-corrected chi connectivity index (χ2v) is 7.79. The van der Waals surface area contributed by atoms with Gasteiger partial charge in [0.15, 0.2) is 9.84 Å². The summed E-state index contributed by atoms with van der Waals surface area (Å²) in [5.41, 5.74) is -0.0142. The van der Waals surface area contributed by atoms with Crippen LogP contribution in [0.5, 0.6) is 0 Å². The normalized spacial score (nSPS) is 12.2. The smallest absolute Gasteiger partial charge is 0.335 e. The average molecular weight is 307 g/mol. The van der Waals surface area contributed by atoms with E-state index in [1.807, 2.05) is 0 Å². The Morgan fingerprint density at radius 2 is 2.05 bits per heavy atom. The van der Waals surface area contributed by atoms with Gasteiger partial charge in [0.1, 0.15) is 11.0 Å². The predicted octanol–water partition coefficient (Wildman–Crippen LogP) is 1.67. The van der Waals surface area contributed by atoms with Gasteiger partial charge in [-0.1, -0.05) is 11.6 Å². The molecule has 0 bridgehead atoms. The molecule has 19 heavy (non-hydrogen) atoms. The summed E-state index contributed by atoms with van der Waals surface area (Å²) in [5.74, 6) is -0.906. The Labute approximate surface area is 116 Å². The van der Waals surface area contributed by atoms with E-state index in [1.165, 1.54) is 12.1 Å². The summed E-state index contributed by atoms with van der Waals surface area (Å²) in [6, 6.07) is 2.52. The van der Waals surface area contributed by atoms with E-state index in [1.54, 1.807) is 13.8 Å². The third-order valence-electron chi connectivity index (χ3n) is 2.74. The molecule has 0 saturated heterocycles. The van der Waals surface area contributed by atoms with E-state index >= 15 is 0 Å². The van der Waals surface area contributed by atoms with Gasteiger partial charge in [-0.15, -0.1) is 0 Å². The molecule has 106 valence electrons. The molecular formula is C11H15ClN2O4S. The molecule has 2 N–H and O–H groups in total. The highest BCUT2D eigenvalue weighted by atomic mass is 35.5. The largest absolute Gasteiger partial charge is 0.478 e. The fraction of sp³-hybridized carbons (Fsp3) is 0.455. The third-order valence-corrected chi connectivity index (χ3v) is 5.09. The van der Waals surface area contributed by atoms with Crippen molar-refractivity contribution < 1.29 is 18.3 Å². The highest BCUT2D eigenvalue weighted by molar-refractivity contribution is 7.92. The Morgan fingerprint density at radius 1 is 1.47 bits per heavy atom. The first-order chi connectivity index (χ1) is 8.53. The predicted molar refractivity (Wildman–Crippen MR) is 73.6 cm³/mol. The SMILES string of the molecule is CC(C)(CNc1cc(C(=O)O)cc(Cl)n1)S(C)(=O)=O. The molecule has 1 aromatic heterocycles. The zero-order valence-corrected chi connectivity index (χ0v) is 12.3. The lowest BCUT2D eigenvalue weighted by Crippen LogP contribution is -2.38. The lowest BCUT2D eigenvalue weighted by atomic mass is 10.2. The quantitative estimate of drug-likeness (QED) is 0.803. The van der Waals surface area contributed by atoms with Crippen LogP contribution in [0, 0.1) is 0 Å². The maximum atomic E-state index is 11.5. The van der Waals surface area contributed by atoms with Crippen LogP contribution in [0.15, 0.2) is 12.1 Å². The van der Waals surface area contributed by atoms with E-state index in [0.717, 1.165) is 6.26 Å². The van der Waals surface area contributed by atoms with E-state index < -0.39 is 20.6 Å². The molecule has 0 aliphatic rings. The lowest BCUT2D eigenvalue weighted by Gasteiger charge is -2.23. The van der Waals surface area contributed by atoms with E-state index in [9.17, 15) is 13.2 Å². The first-order valence-electron chi connectivity index (χ1n) is 5.37. The van der Waals surface area contributed by atoms with Crippen LogP contribution in [0.2, 0.25) is 5.15 Å². The van der Waals surface area contributed by atoms with Gasteiger partial charge >= 0.3 is 5.97 Å². The van der Waals surface area contributed by atoms with Gasteiger partial charge < -0.3 is 10.4 Å². The molecule has 0 spiro atoms. The lowest BCUT2D eigenvalue weighted by molar-refractivity contribution is 0.0697. The summed E-state index contributed by atoms with van der Waals surface area (Å²) in [7, 11) is -3.25. The Kier molecular flexibility index (Phi) is 4.42. The number of carboxylic acids is 1. The molecule has 0 aliphatic carbocycles. The van der Waals surface area contributed by atoms with Gasteiger partial charge in [0, 0.05) is 12.8 Å². The zero-order chi connectivity index (χ0) is 14.8. The van der Waals surface area contributed by atoms with Crippen molar-refractivity contribution in [2.75, 3.05) is 18.1 Å². The number of carbonyl (C=O) groups is 1. The number of hydrogen-bond acceptors (Lipinski definition) is 5. The van der Waals surface area contributed by atoms with Gasteiger partial charge in [-0.3, -0.25) is 0 Å². The molecule has 1 aromatic rings. The van der Waals surface area contributed by atoms with Gasteiger partial charge in [-0.25, -0.2) is 18.2 Å². The number of pyridine rings is 1. The zero-order valence-electron chi connectivity index (χ0n) is 10.8. The number of halogens is 1. The first-order valence-corrected chi connectivity index (χ1v) is 7.64. The van der Waals surface area contributed by atoms with Crippen molar-refractivity contribution in [3.05, 3.63) is 22.8 Å². The molecule has 0 aliphatic heterocycles. The van der Waals surface area contributed by atoms with Crippen LogP contribution in [-0.2, 0) is 9.84 Å². The number of nitrogens with zero attached hydrogens (tertiary/aromatic N) is 1. The second kappa shape index (κ2) is 5.34. The Bertz CT molecular complexity index is 599. The Hall–Kier alpha value is -1.34. The van der Waals surface area contributed by atoms with Crippen LogP contribution in [0.4, 0.5) is 5.82 Å². The van der Waals surface area contributed by atoms with Gasteiger partial charge in [0.05, 0.1) is 10.3 Å². The molecule has 1 heterocycles. The number of sulfone groups is 1. The summed E-state index contributed by atoms with van der Waals surface area (Å²) in [6.07, 6.45) is 1.14. The van der Waals surface area contributed by atoms with Gasteiger partial charge in [0.2, 0.25) is 0 Å². The van der Waals surface area contributed by atoms with Gasteiger partial charge in [0.25, 0.3) is 0 Å². The van der Waals surface area contributed by atoms with Crippen LogP contribution >= 0.6 is 11.6 Å². The molecule has 0 unspecified atom stereocenters. The Balaban J connectivity index is 2.93. The van der Waals surface area contributed by atoms with E-state index in [2.05, 4.69) is 10.3 Å². The average Bonchev–Trinajstić information content (AvgIpc) is 2.24. The Morgan fingerprint density at radius 3 is 2.53 bits per heavy atom.